The van der Waals surface area contributed by atoms with Gasteiger partial charge in [-0.15, -0.1) is 12.6 Å². The van der Waals surface area contributed by atoms with Crippen molar-refractivity contribution in [2.45, 2.75) is 30.8 Å². The minimum absolute atomic E-state index is 0.104. The third-order valence-electron chi connectivity index (χ3n) is 2.01. The van der Waals surface area contributed by atoms with Crippen LogP contribution < -0.4 is 5.73 Å². The van der Waals surface area contributed by atoms with Crippen LogP contribution >= 0.6 is 12.6 Å². The average molecular weight is 205 g/mol. The van der Waals surface area contributed by atoms with Crippen molar-refractivity contribution in [3.05, 3.63) is 0 Å². The molecule has 0 saturated carbocycles. The monoisotopic (exact) mass is 205 g/mol. The van der Waals surface area contributed by atoms with Crippen molar-refractivity contribution in [2.24, 2.45) is 5.73 Å². The van der Waals surface area contributed by atoms with Gasteiger partial charge >= 0.3 is 5.97 Å². The molecule has 0 radical (unpaired) electrons. The summed E-state index contributed by atoms with van der Waals surface area (Å²) < 4.78 is 10.4. The van der Waals surface area contributed by atoms with E-state index in [0.29, 0.717) is 19.6 Å². The molecule has 2 N–H and O–H groups in total. The third-order valence-corrected chi connectivity index (χ3v) is 2.50. The molecule has 1 aliphatic heterocycles. The quantitative estimate of drug-likeness (QED) is 0.503. The summed E-state index contributed by atoms with van der Waals surface area (Å²) in [4.78, 5) is 10.1. The Balaban J connectivity index is 2.46. The number of hydrogen-bond donors (Lipinski definition) is 2. The zero-order chi connectivity index (χ0) is 9.90. The lowest BCUT2D eigenvalue weighted by Gasteiger charge is -2.35. The maximum absolute atomic E-state index is 10.7. The predicted molar refractivity (Wildman–Crippen MR) is 51.5 cm³/mol. The SMILES string of the molecule is CC(=O)OC1CCOC(S)(CN)C1. The molecule has 4 nitrogen and oxygen atoms in total. The van der Waals surface area contributed by atoms with Crippen molar-refractivity contribution in [1.29, 1.82) is 0 Å². The van der Waals surface area contributed by atoms with E-state index >= 15 is 0 Å². The van der Waals surface area contributed by atoms with Crippen LogP contribution in [-0.2, 0) is 14.3 Å². The number of hydrogen-bond acceptors (Lipinski definition) is 5. The van der Waals surface area contributed by atoms with E-state index in [2.05, 4.69) is 12.6 Å². The van der Waals surface area contributed by atoms with Crippen molar-refractivity contribution in [2.75, 3.05) is 13.2 Å². The van der Waals surface area contributed by atoms with Gasteiger partial charge in [0.05, 0.1) is 6.61 Å². The molecule has 1 rings (SSSR count). The lowest BCUT2D eigenvalue weighted by molar-refractivity contribution is -0.154. The highest BCUT2D eigenvalue weighted by Gasteiger charge is 2.34. The molecule has 1 fully saturated rings. The van der Waals surface area contributed by atoms with Crippen molar-refractivity contribution in [3.8, 4) is 0 Å². The van der Waals surface area contributed by atoms with Crippen LogP contribution in [0.15, 0.2) is 0 Å². The molecule has 13 heavy (non-hydrogen) atoms. The summed E-state index contributed by atoms with van der Waals surface area (Å²) in [5.41, 5.74) is 5.49. The van der Waals surface area contributed by atoms with E-state index in [1.165, 1.54) is 6.92 Å². The summed E-state index contributed by atoms with van der Waals surface area (Å²) in [6.45, 7) is 2.27. The highest BCUT2D eigenvalue weighted by atomic mass is 32.1. The molecule has 1 aliphatic rings. The van der Waals surface area contributed by atoms with Crippen LogP contribution in [0, 0.1) is 0 Å². The van der Waals surface area contributed by atoms with Gasteiger partial charge in [-0.1, -0.05) is 0 Å². The Hall–Kier alpha value is -0.260. The van der Waals surface area contributed by atoms with E-state index in [4.69, 9.17) is 15.2 Å². The molecule has 0 bridgehead atoms. The summed E-state index contributed by atoms with van der Waals surface area (Å²) in [6, 6.07) is 0. The Kier molecular flexibility index (Phi) is 3.58. The first-order valence-electron chi connectivity index (χ1n) is 4.29. The first-order valence-corrected chi connectivity index (χ1v) is 4.74. The lowest BCUT2D eigenvalue weighted by atomic mass is 10.1. The molecule has 0 spiro atoms. The molecule has 0 aromatic carbocycles. The van der Waals surface area contributed by atoms with Crippen molar-refractivity contribution in [3.63, 3.8) is 0 Å². The maximum Gasteiger partial charge on any atom is 0.302 e. The van der Waals surface area contributed by atoms with Crippen molar-refractivity contribution in [1.82, 2.24) is 0 Å². The van der Waals surface area contributed by atoms with E-state index in [1.54, 1.807) is 0 Å². The molecular formula is C8H15NO3S. The van der Waals surface area contributed by atoms with Gasteiger partial charge in [-0.25, -0.2) is 0 Å². The number of carbonyl (C=O) groups excluding carboxylic acids is 1. The van der Waals surface area contributed by atoms with Gasteiger partial charge in [-0.2, -0.15) is 0 Å². The molecular weight excluding hydrogens is 190 g/mol. The fraction of sp³-hybridized carbons (Fsp3) is 0.875. The normalized spacial score (nSPS) is 34.2. The fourth-order valence-electron chi connectivity index (χ4n) is 1.37. The topological polar surface area (TPSA) is 61.5 Å². The average Bonchev–Trinajstić information content (AvgIpc) is 2.03. The van der Waals surface area contributed by atoms with Gasteiger partial charge in [0.25, 0.3) is 0 Å². The largest absolute Gasteiger partial charge is 0.462 e. The number of nitrogens with two attached hydrogens (primary N) is 1. The smallest absolute Gasteiger partial charge is 0.302 e. The van der Waals surface area contributed by atoms with Crippen molar-refractivity contribution < 1.29 is 14.3 Å². The predicted octanol–water partition coefficient (Wildman–Crippen LogP) is 0.313. The van der Waals surface area contributed by atoms with Gasteiger partial charge in [-0.3, -0.25) is 4.79 Å². The highest BCUT2D eigenvalue weighted by molar-refractivity contribution is 7.81. The van der Waals surface area contributed by atoms with Crippen LogP contribution in [0.5, 0.6) is 0 Å². The maximum atomic E-state index is 10.7. The number of rotatable bonds is 2. The second kappa shape index (κ2) is 4.30. The van der Waals surface area contributed by atoms with Gasteiger partial charge in [-0.05, 0) is 0 Å². The Bertz CT molecular complexity index is 200. The number of carbonyl (C=O) groups is 1. The van der Waals surface area contributed by atoms with E-state index in [9.17, 15) is 4.79 Å². The van der Waals surface area contributed by atoms with Crippen molar-refractivity contribution >= 4 is 18.6 Å². The Labute approximate surface area is 83.2 Å². The van der Waals surface area contributed by atoms with Crippen LogP contribution in [0.1, 0.15) is 19.8 Å². The van der Waals surface area contributed by atoms with Gasteiger partial charge in [0, 0.05) is 26.3 Å². The standard InChI is InChI=1S/C8H15NO3S/c1-6(10)12-7-2-3-11-8(13,4-7)5-9/h7,13H,2-5,9H2,1H3. The summed E-state index contributed by atoms with van der Waals surface area (Å²) in [5, 5.41) is 0. The molecule has 76 valence electrons. The molecule has 1 heterocycles. The van der Waals surface area contributed by atoms with Crippen LogP contribution in [-0.4, -0.2) is 30.2 Å². The van der Waals surface area contributed by atoms with Crippen LogP contribution in [0.4, 0.5) is 0 Å². The summed E-state index contributed by atoms with van der Waals surface area (Å²) >= 11 is 4.29. The first kappa shape index (κ1) is 10.8. The molecule has 0 aromatic rings. The molecule has 0 aromatic heterocycles. The number of esters is 1. The van der Waals surface area contributed by atoms with Gasteiger partial charge in [0.15, 0.2) is 0 Å². The third kappa shape index (κ3) is 3.17. The molecule has 5 heteroatoms. The van der Waals surface area contributed by atoms with Gasteiger partial charge in [0.1, 0.15) is 11.0 Å². The molecule has 1 saturated heterocycles. The summed E-state index contributed by atoms with van der Waals surface area (Å²) in [5.74, 6) is -0.264. The van der Waals surface area contributed by atoms with E-state index in [1.807, 2.05) is 0 Å². The van der Waals surface area contributed by atoms with Crippen LogP contribution in [0.2, 0.25) is 0 Å². The second-order valence-corrected chi connectivity index (χ2v) is 4.04. The fourth-order valence-corrected chi connectivity index (χ4v) is 1.67. The lowest BCUT2D eigenvalue weighted by Crippen LogP contribution is -2.44. The zero-order valence-corrected chi connectivity index (χ0v) is 8.55. The second-order valence-electron chi connectivity index (χ2n) is 3.22. The zero-order valence-electron chi connectivity index (χ0n) is 7.66. The minimum atomic E-state index is -0.627. The number of ether oxygens (including phenoxy) is 2. The molecule has 0 aliphatic carbocycles. The summed E-state index contributed by atoms with van der Waals surface area (Å²) in [6.07, 6.45) is 1.18. The van der Waals surface area contributed by atoms with E-state index in [0.717, 1.165) is 6.42 Å². The van der Waals surface area contributed by atoms with E-state index in [-0.39, 0.29) is 12.1 Å². The number of thiol groups is 1. The Morgan fingerprint density at radius 2 is 2.54 bits per heavy atom. The Morgan fingerprint density at radius 3 is 3.08 bits per heavy atom. The molecule has 0 amide bonds. The summed E-state index contributed by atoms with van der Waals surface area (Å²) in [7, 11) is 0. The van der Waals surface area contributed by atoms with Crippen LogP contribution in [0.25, 0.3) is 0 Å². The minimum Gasteiger partial charge on any atom is -0.462 e. The Morgan fingerprint density at radius 1 is 1.85 bits per heavy atom. The molecule has 2 unspecified atom stereocenters. The van der Waals surface area contributed by atoms with E-state index < -0.39 is 4.93 Å². The highest BCUT2D eigenvalue weighted by Crippen LogP contribution is 2.29. The first-order chi connectivity index (χ1) is 6.06. The van der Waals surface area contributed by atoms with Crippen LogP contribution in [0.3, 0.4) is 0 Å². The molecule has 2 atom stereocenters. The van der Waals surface area contributed by atoms with Gasteiger partial charge in [0.2, 0.25) is 0 Å². The van der Waals surface area contributed by atoms with Gasteiger partial charge < -0.3 is 15.2 Å².